The zero-order valence-electron chi connectivity index (χ0n) is 19.4. The summed E-state index contributed by atoms with van der Waals surface area (Å²) in [6.07, 6.45) is 0.578. The third-order valence-corrected chi connectivity index (χ3v) is 7.98. The third-order valence-electron chi connectivity index (χ3n) is 6.54. The molecule has 2 heterocycles. The first-order valence-electron chi connectivity index (χ1n) is 11.6. The van der Waals surface area contributed by atoms with Gasteiger partial charge in [-0.2, -0.15) is 0 Å². The molecule has 0 amide bonds. The second kappa shape index (κ2) is 9.62. The van der Waals surface area contributed by atoms with Crippen LogP contribution < -0.4 is 14.2 Å². The van der Waals surface area contributed by atoms with E-state index in [2.05, 4.69) is 9.71 Å². The Bertz CT molecular complexity index is 1400. The van der Waals surface area contributed by atoms with Crippen molar-refractivity contribution < 1.29 is 35.8 Å². The fourth-order valence-electron chi connectivity index (χ4n) is 4.28. The Hall–Kier alpha value is -3.31. The van der Waals surface area contributed by atoms with Gasteiger partial charge < -0.3 is 19.7 Å². The summed E-state index contributed by atoms with van der Waals surface area (Å²) in [5.74, 6) is 1.45. The van der Waals surface area contributed by atoms with Crippen LogP contribution in [0.4, 0.5) is 0 Å². The Morgan fingerprint density at radius 3 is 2.56 bits per heavy atom. The van der Waals surface area contributed by atoms with Gasteiger partial charge in [-0.3, -0.25) is 9.78 Å². The fraction of sp³-hybridized carbons (Fsp3) is 0.308. The number of hydrogen-bond acceptors (Lipinski definition) is 8. The largest absolute Gasteiger partial charge is 0.454 e. The van der Waals surface area contributed by atoms with Gasteiger partial charge in [0.05, 0.1) is 28.7 Å². The molecule has 3 aromatic rings. The minimum atomic E-state index is -3.83. The number of aromatic nitrogens is 1. The van der Waals surface area contributed by atoms with Crippen LogP contribution in [0.2, 0.25) is 0 Å². The van der Waals surface area contributed by atoms with Crippen LogP contribution in [0.25, 0.3) is 11.3 Å². The van der Waals surface area contributed by atoms with Gasteiger partial charge in [0.15, 0.2) is 11.5 Å². The zero-order chi connectivity index (χ0) is 25.3. The van der Waals surface area contributed by atoms with Gasteiger partial charge in [-0.15, -0.1) is 0 Å². The minimum Gasteiger partial charge on any atom is -0.454 e. The van der Waals surface area contributed by atoms with Crippen LogP contribution in [0.15, 0.2) is 65.6 Å². The predicted octanol–water partition coefficient (Wildman–Crippen LogP) is 2.44. The lowest BCUT2D eigenvalue weighted by atomic mass is 9.88. The van der Waals surface area contributed by atoms with Gasteiger partial charge in [0.1, 0.15) is 5.78 Å². The van der Waals surface area contributed by atoms with Crippen molar-refractivity contribution in [3.63, 3.8) is 0 Å². The number of carbonyl (C=O) groups excluding carboxylic acids is 1. The molecule has 1 aliphatic carbocycles. The van der Waals surface area contributed by atoms with Crippen LogP contribution in [0.5, 0.6) is 11.5 Å². The van der Waals surface area contributed by atoms with Crippen molar-refractivity contribution in [1.29, 1.82) is 0 Å². The summed E-state index contributed by atoms with van der Waals surface area (Å²) in [6.45, 7) is -0.636. The number of pyridine rings is 1. The molecule has 1 fully saturated rings. The Morgan fingerprint density at radius 1 is 1.08 bits per heavy atom. The molecule has 36 heavy (non-hydrogen) atoms. The van der Waals surface area contributed by atoms with Gasteiger partial charge in [0, 0.05) is 27.1 Å². The second-order valence-electron chi connectivity index (χ2n) is 8.98. The molecule has 1 saturated carbocycles. The molecule has 0 saturated heterocycles. The second-order valence-corrected chi connectivity index (χ2v) is 10.7. The average Bonchev–Trinajstić information content (AvgIpc) is 3.58. The number of nitrogens with zero attached hydrogens (tertiary/aromatic N) is 1. The maximum atomic E-state index is 13.3. The molecule has 3 N–H and O–H groups in total. The highest BCUT2D eigenvalue weighted by Crippen LogP contribution is 2.51. The van der Waals surface area contributed by atoms with E-state index in [1.165, 1.54) is 12.1 Å². The summed E-state index contributed by atoms with van der Waals surface area (Å²) in [5, 5.41) is 18.2. The highest BCUT2D eigenvalue weighted by atomic mass is 32.2. The molecule has 10 heteroatoms. The van der Waals surface area contributed by atoms with Crippen molar-refractivity contribution in [1.82, 2.24) is 9.71 Å². The highest BCUT2D eigenvalue weighted by Gasteiger charge is 2.51. The lowest BCUT2D eigenvalue weighted by molar-refractivity contribution is -0.120. The predicted molar refractivity (Wildman–Crippen MR) is 134 cm³/mol. The molecule has 2 aromatic carbocycles. The standard InChI is InChI=1S/C26H26N2O7S.2H2/c29-15-20(30)14-27-36(32,33)21-7-4-17(5-8-21)22-3-1-2-19(28-22)13-25(31)26(10-11-26)18-6-9-23-24(12-18)35-16-34-23;;/h1-9,12,20,27,29-30H,10-11,13-16H2;2*1H. The van der Waals surface area contributed by atoms with Crippen LogP contribution in [0.1, 0.15) is 27.0 Å². The number of Topliss-reactive ketones (excluding diaryl/α,β-unsaturated/α-hetero) is 1. The number of carbonyl (C=O) groups is 1. The SMILES string of the molecule is O=C(Cc1cccc(-c2ccc(S(=O)(=O)NCC(O)CO)cc2)n1)C1(c2ccc3c(c2)OCO3)CC1.[HH].[HH]. The molecule has 1 atom stereocenters. The van der Waals surface area contributed by atoms with Crippen molar-refractivity contribution >= 4 is 15.8 Å². The van der Waals surface area contributed by atoms with E-state index in [1.807, 2.05) is 30.3 Å². The van der Waals surface area contributed by atoms with E-state index in [1.54, 1.807) is 18.2 Å². The maximum Gasteiger partial charge on any atom is 0.240 e. The summed E-state index contributed by atoms with van der Waals surface area (Å²) in [6, 6.07) is 17.3. The van der Waals surface area contributed by atoms with Gasteiger partial charge in [0.25, 0.3) is 0 Å². The molecule has 1 aromatic heterocycles. The molecule has 1 unspecified atom stereocenters. The normalized spacial score (nSPS) is 16.5. The Labute approximate surface area is 211 Å². The number of fused-ring (bicyclic) bond motifs is 1. The van der Waals surface area contributed by atoms with Gasteiger partial charge in [-0.25, -0.2) is 13.1 Å². The summed E-state index contributed by atoms with van der Waals surface area (Å²) < 4.78 is 37.9. The lowest BCUT2D eigenvalue weighted by Gasteiger charge is -2.15. The average molecular weight is 515 g/mol. The van der Waals surface area contributed by atoms with E-state index in [4.69, 9.17) is 14.6 Å². The van der Waals surface area contributed by atoms with Crippen molar-refractivity contribution in [3.05, 3.63) is 71.9 Å². The zero-order valence-corrected chi connectivity index (χ0v) is 20.2. The Balaban J connectivity index is 0.00000200. The van der Waals surface area contributed by atoms with E-state index >= 15 is 0 Å². The topological polar surface area (TPSA) is 135 Å². The number of nitrogens with one attached hydrogen (secondary N) is 1. The first-order chi connectivity index (χ1) is 17.3. The van der Waals surface area contributed by atoms with E-state index in [0.717, 1.165) is 18.4 Å². The fourth-order valence-corrected chi connectivity index (χ4v) is 5.35. The van der Waals surface area contributed by atoms with Crippen LogP contribution in [-0.4, -0.2) is 55.4 Å². The number of rotatable bonds is 10. The number of benzene rings is 2. The van der Waals surface area contributed by atoms with Crippen LogP contribution in [0, 0.1) is 0 Å². The monoisotopic (exact) mass is 514 g/mol. The summed E-state index contributed by atoms with van der Waals surface area (Å²) in [7, 11) is -3.83. The number of ether oxygens (including phenoxy) is 2. The summed E-state index contributed by atoms with van der Waals surface area (Å²) in [5.41, 5.74) is 2.38. The molecule has 192 valence electrons. The first-order valence-corrected chi connectivity index (χ1v) is 13.1. The van der Waals surface area contributed by atoms with Gasteiger partial charge >= 0.3 is 0 Å². The van der Waals surface area contributed by atoms with Crippen molar-refractivity contribution in [2.24, 2.45) is 0 Å². The molecule has 9 nitrogen and oxygen atoms in total. The minimum absolute atomic E-state index is 0. The molecule has 0 radical (unpaired) electrons. The Kier molecular flexibility index (Phi) is 6.52. The number of hydrogen-bond donors (Lipinski definition) is 3. The molecule has 5 rings (SSSR count). The molecule has 0 bridgehead atoms. The van der Waals surface area contributed by atoms with E-state index in [9.17, 15) is 18.3 Å². The number of sulfonamides is 1. The van der Waals surface area contributed by atoms with Gasteiger partial charge in [-0.05, 0) is 54.8 Å². The van der Waals surface area contributed by atoms with Crippen molar-refractivity contribution in [3.8, 4) is 22.8 Å². The maximum absolute atomic E-state index is 13.3. The molecular weight excluding hydrogens is 484 g/mol. The number of ketones is 1. The van der Waals surface area contributed by atoms with E-state index in [-0.39, 0.29) is 33.3 Å². The van der Waals surface area contributed by atoms with Crippen molar-refractivity contribution in [2.45, 2.75) is 35.7 Å². The summed E-state index contributed by atoms with van der Waals surface area (Å²) >= 11 is 0. The van der Waals surface area contributed by atoms with Gasteiger partial charge in [-0.1, -0.05) is 24.3 Å². The van der Waals surface area contributed by atoms with Crippen LogP contribution >= 0.6 is 0 Å². The lowest BCUT2D eigenvalue weighted by Crippen LogP contribution is -2.33. The van der Waals surface area contributed by atoms with Crippen molar-refractivity contribution in [2.75, 3.05) is 19.9 Å². The molecule has 0 spiro atoms. The quantitative estimate of drug-likeness (QED) is 0.376. The smallest absolute Gasteiger partial charge is 0.240 e. The van der Waals surface area contributed by atoms with E-state index in [0.29, 0.717) is 28.5 Å². The molecule has 1 aliphatic heterocycles. The molecule has 2 aliphatic rings. The first kappa shape index (κ1) is 24.4. The van der Waals surface area contributed by atoms with Gasteiger partial charge in [0.2, 0.25) is 16.8 Å². The highest BCUT2D eigenvalue weighted by molar-refractivity contribution is 7.89. The molecular formula is C26H30N2O7S. The summed E-state index contributed by atoms with van der Waals surface area (Å²) in [4.78, 5) is 18.0. The Morgan fingerprint density at radius 2 is 1.83 bits per heavy atom. The van der Waals surface area contributed by atoms with Crippen LogP contribution in [0.3, 0.4) is 0 Å². The third kappa shape index (κ3) is 4.85. The number of aliphatic hydroxyl groups is 2. The number of aliphatic hydroxyl groups excluding tert-OH is 2. The van der Waals surface area contributed by atoms with Crippen LogP contribution in [-0.2, 0) is 26.7 Å². The van der Waals surface area contributed by atoms with E-state index < -0.39 is 28.1 Å².